The lowest BCUT2D eigenvalue weighted by atomic mass is 9.97. The molecule has 0 spiro atoms. The number of ether oxygens (including phenoxy) is 1. The van der Waals surface area contributed by atoms with Gasteiger partial charge in [0.1, 0.15) is 0 Å². The smallest absolute Gasteiger partial charge is 0.0595 e. The molecule has 0 aromatic heterocycles. The molecule has 1 heterocycles. The highest BCUT2D eigenvalue weighted by Gasteiger charge is 2.17. The van der Waals surface area contributed by atoms with Crippen molar-refractivity contribution < 1.29 is 4.74 Å². The van der Waals surface area contributed by atoms with Crippen molar-refractivity contribution >= 4 is 23.2 Å². The Hall–Kier alpha value is -0.280. The zero-order chi connectivity index (χ0) is 13.7. The first-order chi connectivity index (χ1) is 9.20. The molecule has 2 unspecified atom stereocenters. The first-order valence-corrected chi connectivity index (χ1v) is 7.70. The molecule has 0 radical (unpaired) electrons. The largest absolute Gasteiger partial charge is 0.378 e. The predicted molar refractivity (Wildman–Crippen MR) is 81.1 cm³/mol. The van der Waals surface area contributed by atoms with Crippen molar-refractivity contribution in [3.63, 3.8) is 0 Å². The summed E-state index contributed by atoms with van der Waals surface area (Å²) in [6.07, 6.45) is 6.26. The van der Waals surface area contributed by atoms with Crippen LogP contribution in [0.1, 0.15) is 43.7 Å². The molecule has 1 aliphatic rings. The van der Waals surface area contributed by atoms with E-state index in [0.29, 0.717) is 22.2 Å². The Kier molecular flexibility index (Phi) is 5.96. The molecule has 1 aromatic carbocycles. The SMILES string of the molecule is CNC(CCC1CCCCO1)c1ccc(Cl)c(Cl)c1. The molecule has 1 aliphatic heterocycles. The van der Waals surface area contributed by atoms with Crippen LogP contribution in [0.5, 0.6) is 0 Å². The van der Waals surface area contributed by atoms with Gasteiger partial charge in [0.05, 0.1) is 16.1 Å². The molecule has 4 heteroatoms. The highest BCUT2D eigenvalue weighted by atomic mass is 35.5. The van der Waals surface area contributed by atoms with E-state index in [4.69, 9.17) is 27.9 Å². The van der Waals surface area contributed by atoms with Gasteiger partial charge in [0.2, 0.25) is 0 Å². The lowest BCUT2D eigenvalue weighted by Gasteiger charge is -2.25. The van der Waals surface area contributed by atoms with Gasteiger partial charge < -0.3 is 10.1 Å². The first kappa shape index (κ1) is 15.1. The molecule has 1 saturated heterocycles. The minimum Gasteiger partial charge on any atom is -0.378 e. The molecule has 2 atom stereocenters. The molecular weight excluding hydrogens is 281 g/mol. The van der Waals surface area contributed by atoms with E-state index in [1.807, 2.05) is 25.2 Å². The zero-order valence-corrected chi connectivity index (χ0v) is 12.8. The Balaban J connectivity index is 1.93. The predicted octanol–water partition coefficient (Wildman–Crippen LogP) is 4.60. The van der Waals surface area contributed by atoms with Crippen LogP contribution in [0.15, 0.2) is 18.2 Å². The topological polar surface area (TPSA) is 21.3 Å². The maximum atomic E-state index is 6.08. The Morgan fingerprint density at radius 2 is 2.16 bits per heavy atom. The molecule has 0 saturated carbocycles. The van der Waals surface area contributed by atoms with Gasteiger partial charge in [-0.1, -0.05) is 29.3 Å². The summed E-state index contributed by atoms with van der Waals surface area (Å²) >= 11 is 12.0. The number of halogens is 2. The molecule has 2 rings (SSSR count). The van der Waals surface area contributed by atoms with E-state index in [9.17, 15) is 0 Å². The van der Waals surface area contributed by atoms with Gasteiger partial charge in [-0.3, -0.25) is 0 Å². The lowest BCUT2D eigenvalue weighted by Crippen LogP contribution is -2.23. The second-order valence-electron chi connectivity index (χ2n) is 5.08. The maximum absolute atomic E-state index is 6.08. The third-order valence-electron chi connectivity index (χ3n) is 3.75. The van der Waals surface area contributed by atoms with E-state index < -0.39 is 0 Å². The number of nitrogens with one attached hydrogen (secondary N) is 1. The van der Waals surface area contributed by atoms with Gasteiger partial charge >= 0.3 is 0 Å². The van der Waals surface area contributed by atoms with Crippen LogP contribution in [0.3, 0.4) is 0 Å². The molecule has 106 valence electrons. The lowest BCUT2D eigenvalue weighted by molar-refractivity contribution is 0.00866. The molecule has 1 aromatic rings. The summed E-state index contributed by atoms with van der Waals surface area (Å²) in [5.74, 6) is 0. The van der Waals surface area contributed by atoms with Gasteiger partial charge in [-0.2, -0.15) is 0 Å². The van der Waals surface area contributed by atoms with Crippen LogP contribution < -0.4 is 5.32 Å². The van der Waals surface area contributed by atoms with Crippen LogP contribution in [0, 0.1) is 0 Å². The van der Waals surface area contributed by atoms with Crippen molar-refractivity contribution in [3.8, 4) is 0 Å². The minimum absolute atomic E-state index is 0.306. The fraction of sp³-hybridized carbons (Fsp3) is 0.600. The first-order valence-electron chi connectivity index (χ1n) is 6.94. The Bertz CT molecular complexity index is 405. The number of rotatable bonds is 5. The summed E-state index contributed by atoms with van der Waals surface area (Å²) in [4.78, 5) is 0. The van der Waals surface area contributed by atoms with Crippen molar-refractivity contribution in [2.24, 2.45) is 0 Å². The summed E-state index contributed by atoms with van der Waals surface area (Å²) in [7, 11) is 1.98. The average molecular weight is 302 g/mol. The van der Waals surface area contributed by atoms with Gasteiger partial charge in [-0.15, -0.1) is 0 Å². The highest BCUT2D eigenvalue weighted by molar-refractivity contribution is 6.42. The van der Waals surface area contributed by atoms with Crippen LogP contribution in [-0.2, 0) is 4.74 Å². The van der Waals surface area contributed by atoms with Crippen LogP contribution in [0.2, 0.25) is 10.0 Å². The molecule has 1 N–H and O–H groups in total. The standard InChI is InChI=1S/C15H21Cl2NO/c1-18-15(8-6-12-4-2-3-9-19-12)11-5-7-13(16)14(17)10-11/h5,7,10,12,15,18H,2-4,6,8-9H2,1H3. The molecular formula is C15H21Cl2NO. The third-order valence-corrected chi connectivity index (χ3v) is 4.48. The van der Waals surface area contributed by atoms with Crippen molar-refractivity contribution in [1.82, 2.24) is 5.32 Å². The van der Waals surface area contributed by atoms with E-state index in [2.05, 4.69) is 5.32 Å². The average Bonchev–Trinajstić information content (AvgIpc) is 2.44. The molecule has 1 fully saturated rings. The van der Waals surface area contributed by atoms with Crippen LogP contribution in [-0.4, -0.2) is 19.8 Å². The number of benzene rings is 1. The van der Waals surface area contributed by atoms with Gasteiger partial charge in [0, 0.05) is 12.6 Å². The fourth-order valence-electron chi connectivity index (χ4n) is 2.59. The normalized spacial score (nSPS) is 21.3. The van der Waals surface area contributed by atoms with Gasteiger partial charge in [-0.25, -0.2) is 0 Å². The summed E-state index contributed by atoms with van der Waals surface area (Å²) < 4.78 is 5.78. The molecule has 2 nitrogen and oxygen atoms in total. The highest BCUT2D eigenvalue weighted by Crippen LogP contribution is 2.28. The van der Waals surface area contributed by atoms with Gasteiger partial charge in [-0.05, 0) is 56.8 Å². The van der Waals surface area contributed by atoms with Crippen LogP contribution in [0.25, 0.3) is 0 Å². The third kappa shape index (κ3) is 4.35. The van der Waals surface area contributed by atoms with Crippen molar-refractivity contribution in [3.05, 3.63) is 33.8 Å². The Morgan fingerprint density at radius 1 is 1.32 bits per heavy atom. The number of hydrogen-bond donors (Lipinski definition) is 1. The number of hydrogen-bond acceptors (Lipinski definition) is 2. The van der Waals surface area contributed by atoms with Crippen molar-refractivity contribution in [2.45, 2.75) is 44.2 Å². The molecule has 0 aliphatic carbocycles. The van der Waals surface area contributed by atoms with Gasteiger partial charge in [0.15, 0.2) is 0 Å². The quantitative estimate of drug-likeness (QED) is 0.858. The summed E-state index contributed by atoms with van der Waals surface area (Å²) in [5.41, 5.74) is 1.19. The van der Waals surface area contributed by atoms with Gasteiger partial charge in [0.25, 0.3) is 0 Å². The minimum atomic E-state index is 0.306. The van der Waals surface area contributed by atoms with E-state index in [-0.39, 0.29) is 0 Å². The Labute approximate surface area is 125 Å². The zero-order valence-electron chi connectivity index (χ0n) is 11.3. The second-order valence-corrected chi connectivity index (χ2v) is 5.90. The van der Waals surface area contributed by atoms with Crippen LogP contribution in [0.4, 0.5) is 0 Å². The monoisotopic (exact) mass is 301 g/mol. The second kappa shape index (κ2) is 7.49. The maximum Gasteiger partial charge on any atom is 0.0595 e. The molecule has 19 heavy (non-hydrogen) atoms. The van der Waals surface area contributed by atoms with Crippen molar-refractivity contribution in [2.75, 3.05) is 13.7 Å². The molecule has 0 bridgehead atoms. The Morgan fingerprint density at radius 3 is 2.79 bits per heavy atom. The van der Waals surface area contributed by atoms with E-state index in [0.717, 1.165) is 19.4 Å². The summed E-state index contributed by atoms with van der Waals surface area (Å²) in [5, 5.41) is 4.57. The fourth-order valence-corrected chi connectivity index (χ4v) is 2.90. The molecule has 0 amide bonds. The summed E-state index contributed by atoms with van der Waals surface area (Å²) in [6, 6.07) is 6.16. The van der Waals surface area contributed by atoms with Crippen LogP contribution >= 0.6 is 23.2 Å². The van der Waals surface area contributed by atoms with E-state index >= 15 is 0 Å². The van der Waals surface area contributed by atoms with Crippen molar-refractivity contribution in [1.29, 1.82) is 0 Å². The summed E-state index contributed by atoms with van der Waals surface area (Å²) in [6.45, 7) is 0.918. The van der Waals surface area contributed by atoms with E-state index in [1.54, 1.807) is 0 Å². The van der Waals surface area contributed by atoms with E-state index in [1.165, 1.54) is 24.8 Å².